The van der Waals surface area contributed by atoms with Gasteiger partial charge in [0.1, 0.15) is 18.5 Å². The van der Waals surface area contributed by atoms with Crippen LogP contribution < -0.4 is 14.2 Å². The minimum Gasteiger partial charge on any atom is -0.491 e. The Morgan fingerprint density at radius 1 is 1.03 bits per heavy atom. The van der Waals surface area contributed by atoms with Crippen molar-refractivity contribution in [3.8, 4) is 11.5 Å². The summed E-state index contributed by atoms with van der Waals surface area (Å²) in [6.07, 6.45) is 0.0673. The minimum absolute atomic E-state index is 0.0414. The van der Waals surface area contributed by atoms with Gasteiger partial charge in [-0.05, 0) is 35.4 Å². The maximum Gasteiger partial charge on any atom is 0.208 e. The molecule has 0 aromatic heterocycles. The fourth-order valence-electron chi connectivity index (χ4n) is 2.96. The van der Waals surface area contributed by atoms with Crippen molar-refractivity contribution in [1.82, 2.24) is 4.72 Å². The van der Waals surface area contributed by atoms with E-state index in [2.05, 4.69) is 18.6 Å². The predicted molar refractivity (Wildman–Crippen MR) is 135 cm³/mol. The lowest BCUT2D eigenvalue weighted by molar-refractivity contribution is 0.111. The summed E-state index contributed by atoms with van der Waals surface area (Å²) < 4.78 is 35.8. The Labute approximate surface area is 211 Å². The standard InChI is InChI=1S/C23H30Cl3NO5S/c1-15(11-24)13-32-22-20(25)9-17(10-21(22)26)23(2,3)16-5-7-19(8-6-16)31-14-18(28)12-27-33(4,29)30/h5-10,15,18,27-28H,11-14H2,1-4H3. The van der Waals surface area contributed by atoms with Crippen LogP contribution in [0.1, 0.15) is 31.9 Å². The van der Waals surface area contributed by atoms with Gasteiger partial charge in [-0.1, -0.05) is 56.1 Å². The number of nitrogens with one attached hydrogen (secondary N) is 1. The number of ether oxygens (including phenoxy) is 2. The summed E-state index contributed by atoms with van der Waals surface area (Å²) in [4.78, 5) is 0. The third kappa shape index (κ3) is 8.50. The molecule has 0 bridgehead atoms. The van der Waals surface area contributed by atoms with Gasteiger partial charge in [0.25, 0.3) is 0 Å². The van der Waals surface area contributed by atoms with E-state index in [-0.39, 0.29) is 19.1 Å². The Bertz CT molecular complexity index is 1010. The molecule has 0 fully saturated rings. The molecule has 0 radical (unpaired) electrons. The van der Waals surface area contributed by atoms with Crippen LogP contribution in [0, 0.1) is 5.92 Å². The summed E-state index contributed by atoms with van der Waals surface area (Å²) in [5.41, 5.74) is 1.52. The Kier molecular flexibility index (Phi) is 10.2. The second-order valence-corrected chi connectivity index (χ2v) is 11.5. The highest BCUT2D eigenvalue weighted by Gasteiger charge is 2.26. The SMILES string of the molecule is CC(CCl)COc1c(Cl)cc(C(C)(C)c2ccc(OCC(O)CNS(C)(=O)=O)cc2)cc1Cl. The topological polar surface area (TPSA) is 84.9 Å². The molecule has 0 saturated carbocycles. The van der Waals surface area contributed by atoms with Crippen molar-refractivity contribution in [2.75, 3.05) is 31.9 Å². The molecule has 0 heterocycles. The summed E-state index contributed by atoms with van der Waals surface area (Å²) >= 11 is 18.8. The first-order valence-corrected chi connectivity index (χ1v) is 13.6. The maximum absolute atomic E-state index is 11.1. The van der Waals surface area contributed by atoms with Crippen molar-refractivity contribution >= 4 is 44.8 Å². The van der Waals surface area contributed by atoms with E-state index in [1.165, 1.54) is 0 Å². The largest absolute Gasteiger partial charge is 0.491 e. The van der Waals surface area contributed by atoms with E-state index in [1.807, 2.05) is 31.2 Å². The van der Waals surface area contributed by atoms with Crippen molar-refractivity contribution < 1.29 is 23.0 Å². The van der Waals surface area contributed by atoms with Crippen molar-refractivity contribution in [1.29, 1.82) is 0 Å². The molecule has 0 aliphatic carbocycles. The van der Waals surface area contributed by atoms with Gasteiger partial charge in [-0.25, -0.2) is 13.1 Å². The van der Waals surface area contributed by atoms with Crippen LogP contribution in [0.25, 0.3) is 0 Å². The predicted octanol–water partition coefficient (Wildman–Crippen LogP) is 4.86. The monoisotopic (exact) mass is 537 g/mol. The number of aliphatic hydroxyl groups excluding tert-OH is 1. The van der Waals surface area contributed by atoms with Gasteiger partial charge in [-0.2, -0.15) is 0 Å². The van der Waals surface area contributed by atoms with Crippen molar-refractivity contribution in [3.05, 3.63) is 57.6 Å². The molecule has 6 nitrogen and oxygen atoms in total. The van der Waals surface area contributed by atoms with E-state index < -0.39 is 21.5 Å². The van der Waals surface area contributed by atoms with Gasteiger partial charge in [0.2, 0.25) is 10.0 Å². The highest BCUT2D eigenvalue weighted by molar-refractivity contribution is 7.88. The molecule has 2 atom stereocenters. The zero-order valence-corrected chi connectivity index (χ0v) is 22.2. The third-order valence-corrected chi connectivity index (χ3v) is 6.87. The number of aliphatic hydroxyl groups is 1. The molecule has 0 aliphatic rings. The van der Waals surface area contributed by atoms with Crippen LogP contribution in [0.4, 0.5) is 0 Å². The zero-order chi connectivity index (χ0) is 24.8. The first-order chi connectivity index (χ1) is 15.3. The number of halogens is 3. The number of hydrogen-bond acceptors (Lipinski definition) is 5. The number of sulfonamides is 1. The van der Waals surface area contributed by atoms with Crippen LogP contribution >= 0.6 is 34.8 Å². The lowest BCUT2D eigenvalue weighted by atomic mass is 9.78. The fraction of sp³-hybridized carbons (Fsp3) is 0.478. The number of rotatable bonds is 12. The van der Waals surface area contributed by atoms with E-state index in [0.29, 0.717) is 34.0 Å². The number of benzene rings is 2. The van der Waals surface area contributed by atoms with Gasteiger partial charge in [-0.3, -0.25) is 0 Å². The van der Waals surface area contributed by atoms with E-state index in [1.54, 1.807) is 12.1 Å². The summed E-state index contributed by atoms with van der Waals surface area (Å²) in [6, 6.07) is 11.1. The molecular weight excluding hydrogens is 509 g/mol. The van der Waals surface area contributed by atoms with Crippen LogP contribution in [0.2, 0.25) is 10.0 Å². The molecule has 33 heavy (non-hydrogen) atoms. The normalized spacial score (nSPS) is 14.1. The fourth-order valence-corrected chi connectivity index (χ4v) is 4.14. The Morgan fingerprint density at radius 2 is 1.61 bits per heavy atom. The van der Waals surface area contributed by atoms with E-state index in [0.717, 1.165) is 17.4 Å². The second kappa shape index (κ2) is 12.0. The molecule has 2 aromatic rings. The second-order valence-electron chi connectivity index (χ2n) is 8.57. The molecule has 2 aromatic carbocycles. The first-order valence-electron chi connectivity index (χ1n) is 10.4. The molecule has 184 valence electrons. The molecule has 0 spiro atoms. The molecule has 0 aliphatic heterocycles. The van der Waals surface area contributed by atoms with Crippen LogP contribution in [0.3, 0.4) is 0 Å². The average molecular weight is 539 g/mol. The van der Waals surface area contributed by atoms with E-state index >= 15 is 0 Å². The van der Waals surface area contributed by atoms with Gasteiger partial charge in [0.05, 0.1) is 22.9 Å². The van der Waals surface area contributed by atoms with Gasteiger partial charge in [0, 0.05) is 23.8 Å². The highest BCUT2D eigenvalue weighted by Crippen LogP contribution is 2.40. The van der Waals surface area contributed by atoms with Gasteiger partial charge < -0.3 is 14.6 Å². The third-order valence-electron chi connectivity index (χ3n) is 5.10. The first kappa shape index (κ1) is 28.0. The van der Waals surface area contributed by atoms with Crippen LogP contribution in [-0.2, 0) is 15.4 Å². The molecule has 0 saturated heterocycles. The van der Waals surface area contributed by atoms with Gasteiger partial charge in [0.15, 0.2) is 5.75 Å². The summed E-state index contributed by atoms with van der Waals surface area (Å²) in [7, 11) is -3.37. The van der Waals surface area contributed by atoms with Crippen molar-refractivity contribution in [2.24, 2.45) is 5.92 Å². The van der Waals surface area contributed by atoms with Crippen molar-refractivity contribution in [3.63, 3.8) is 0 Å². The minimum atomic E-state index is -3.37. The Hall–Kier alpha value is -1.22. The molecule has 10 heteroatoms. The highest BCUT2D eigenvalue weighted by atomic mass is 35.5. The quantitative estimate of drug-likeness (QED) is 0.377. The lowest BCUT2D eigenvalue weighted by Crippen LogP contribution is -2.34. The lowest BCUT2D eigenvalue weighted by Gasteiger charge is -2.27. The van der Waals surface area contributed by atoms with Gasteiger partial charge >= 0.3 is 0 Å². The zero-order valence-electron chi connectivity index (χ0n) is 19.1. The van der Waals surface area contributed by atoms with Crippen LogP contribution in [0.15, 0.2) is 36.4 Å². The van der Waals surface area contributed by atoms with Crippen molar-refractivity contribution in [2.45, 2.75) is 32.3 Å². The molecule has 0 amide bonds. The van der Waals surface area contributed by atoms with Crippen LogP contribution in [-0.4, -0.2) is 51.5 Å². The van der Waals surface area contributed by atoms with Gasteiger partial charge in [-0.15, -0.1) is 11.6 Å². The molecule has 2 N–H and O–H groups in total. The maximum atomic E-state index is 11.1. The number of alkyl halides is 1. The average Bonchev–Trinajstić information content (AvgIpc) is 2.75. The summed E-state index contributed by atoms with van der Waals surface area (Å²) in [5.74, 6) is 1.66. The Morgan fingerprint density at radius 3 is 2.12 bits per heavy atom. The van der Waals surface area contributed by atoms with E-state index in [9.17, 15) is 13.5 Å². The van der Waals surface area contributed by atoms with E-state index in [4.69, 9.17) is 44.3 Å². The van der Waals surface area contributed by atoms with Crippen LogP contribution in [0.5, 0.6) is 11.5 Å². The smallest absolute Gasteiger partial charge is 0.208 e. The number of hydrogen-bond donors (Lipinski definition) is 2. The summed E-state index contributed by atoms with van der Waals surface area (Å²) in [6.45, 7) is 6.36. The molecule has 2 unspecified atom stereocenters. The Balaban J connectivity index is 2.09. The molecular formula is C23H30Cl3NO5S. The molecule has 2 rings (SSSR count). The summed E-state index contributed by atoms with van der Waals surface area (Å²) in [5, 5.41) is 10.7.